The summed E-state index contributed by atoms with van der Waals surface area (Å²) >= 11 is 0. The van der Waals surface area contributed by atoms with E-state index in [2.05, 4.69) is 15.5 Å². The van der Waals surface area contributed by atoms with E-state index in [0.29, 0.717) is 12.1 Å². The molecule has 2 rings (SSSR count). The van der Waals surface area contributed by atoms with Crippen LogP contribution in [0.2, 0.25) is 0 Å². The molecular formula is C13H15N3O. The lowest BCUT2D eigenvalue weighted by atomic mass is 10.1. The fraction of sp³-hybridized carbons (Fsp3) is 0.231. The Morgan fingerprint density at radius 1 is 1.35 bits per heavy atom. The van der Waals surface area contributed by atoms with E-state index in [1.165, 1.54) is 5.56 Å². The number of amides is 1. The van der Waals surface area contributed by atoms with E-state index in [1.54, 1.807) is 6.20 Å². The number of benzene rings is 1. The first-order valence-corrected chi connectivity index (χ1v) is 5.51. The minimum Gasteiger partial charge on any atom is -0.348 e. The lowest BCUT2D eigenvalue weighted by molar-refractivity contribution is 0.0950. The lowest BCUT2D eigenvalue weighted by Gasteiger charge is -2.07. The van der Waals surface area contributed by atoms with E-state index < -0.39 is 0 Å². The fourth-order valence-corrected chi connectivity index (χ4v) is 1.66. The number of nitrogens with zero attached hydrogens (tertiary/aromatic N) is 1. The summed E-state index contributed by atoms with van der Waals surface area (Å²) < 4.78 is 0. The van der Waals surface area contributed by atoms with Gasteiger partial charge in [-0.2, -0.15) is 5.10 Å². The topological polar surface area (TPSA) is 57.8 Å². The number of hydrogen-bond donors (Lipinski definition) is 2. The third-order valence-electron chi connectivity index (χ3n) is 2.78. The summed E-state index contributed by atoms with van der Waals surface area (Å²) in [4.78, 5) is 11.8. The van der Waals surface area contributed by atoms with Gasteiger partial charge in [-0.3, -0.25) is 9.89 Å². The maximum absolute atomic E-state index is 11.8. The number of carbonyl (C=O) groups is 1. The van der Waals surface area contributed by atoms with Crippen LogP contribution in [-0.4, -0.2) is 16.1 Å². The van der Waals surface area contributed by atoms with Crippen LogP contribution in [0, 0.1) is 13.8 Å². The molecule has 1 aromatic heterocycles. The van der Waals surface area contributed by atoms with Crippen molar-refractivity contribution in [3.63, 3.8) is 0 Å². The SMILES string of the molecule is Cc1ccccc1CNC(=O)c1cn[nH]c1C. The van der Waals surface area contributed by atoms with Crippen molar-refractivity contribution < 1.29 is 4.79 Å². The molecule has 1 aromatic carbocycles. The zero-order valence-corrected chi connectivity index (χ0v) is 9.95. The second kappa shape index (κ2) is 4.82. The van der Waals surface area contributed by atoms with Gasteiger partial charge >= 0.3 is 0 Å². The van der Waals surface area contributed by atoms with Crippen molar-refractivity contribution in [2.75, 3.05) is 0 Å². The molecule has 0 atom stereocenters. The first-order valence-electron chi connectivity index (χ1n) is 5.51. The zero-order valence-electron chi connectivity index (χ0n) is 9.95. The van der Waals surface area contributed by atoms with Gasteiger partial charge in [-0.05, 0) is 25.0 Å². The highest BCUT2D eigenvalue weighted by molar-refractivity contribution is 5.94. The number of aromatic nitrogens is 2. The predicted octanol–water partition coefficient (Wildman–Crippen LogP) is 1.96. The van der Waals surface area contributed by atoms with Gasteiger partial charge in [-0.25, -0.2) is 0 Å². The van der Waals surface area contributed by atoms with Crippen LogP contribution in [0.5, 0.6) is 0 Å². The molecule has 1 heterocycles. The van der Waals surface area contributed by atoms with Crippen LogP contribution in [0.25, 0.3) is 0 Å². The number of hydrogen-bond acceptors (Lipinski definition) is 2. The van der Waals surface area contributed by atoms with E-state index in [9.17, 15) is 4.79 Å². The number of nitrogens with one attached hydrogen (secondary N) is 2. The number of H-pyrrole nitrogens is 1. The smallest absolute Gasteiger partial charge is 0.255 e. The summed E-state index contributed by atoms with van der Waals surface area (Å²) in [6.45, 7) is 4.40. The van der Waals surface area contributed by atoms with E-state index in [4.69, 9.17) is 0 Å². The van der Waals surface area contributed by atoms with Crippen LogP contribution in [0.15, 0.2) is 30.5 Å². The van der Waals surface area contributed by atoms with E-state index in [1.807, 2.05) is 38.1 Å². The van der Waals surface area contributed by atoms with Gasteiger partial charge < -0.3 is 5.32 Å². The molecule has 0 aliphatic heterocycles. The Hall–Kier alpha value is -2.10. The third kappa shape index (κ3) is 2.53. The number of carbonyl (C=O) groups excluding carboxylic acids is 1. The molecule has 4 heteroatoms. The average Bonchev–Trinajstić information content (AvgIpc) is 2.74. The Labute approximate surface area is 100 Å². The van der Waals surface area contributed by atoms with Crippen LogP contribution >= 0.6 is 0 Å². The molecule has 0 spiro atoms. The third-order valence-corrected chi connectivity index (χ3v) is 2.78. The molecular weight excluding hydrogens is 214 g/mol. The van der Waals surface area contributed by atoms with E-state index in [-0.39, 0.29) is 5.91 Å². The molecule has 0 saturated carbocycles. The Bertz CT molecular complexity index is 531. The molecule has 0 fully saturated rings. The summed E-state index contributed by atoms with van der Waals surface area (Å²) in [5, 5.41) is 9.46. The van der Waals surface area contributed by atoms with Crippen molar-refractivity contribution in [3.05, 3.63) is 52.8 Å². The van der Waals surface area contributed by atoms with Gasteiger partial charge in [-0.15, -0.1) is 0 Å². The Morgan fingerprint density at radius 3 is 2.76 bits per heavy atom. The highest BCUT2D eigenvalue weighted by Crippen LogP contribution is 2.07. The Balaban J connectivity index is 2.02. The van der Waals surface area contributed by atoms with Gasteiger partial charge in [0.15, 0.2) is 0 Å². The molecule has 2 aromatic rings. The van der Waals surface area contributed by atoms with Crippen molar-refractivity contribution in [1.29, 1.82) is 0 Å². The van der Waals surface area contributed by atoms with E-state index >= 15 is 0 Å². The van der Waals surface area contributed by atoms with Gasteiger partial charge in [0.05, 0.1) is 11.8 Å². The quantitative estimate of drug-likeness (QED) is 0.845. The van der Waals surface area contributed by atoms with Gasteiger partial charge in [0.25, 0.3) is 5.91 Å². The minimum atomic E-state index is -0.0977. The van der Waals surface area contributed by atoms with Crippen molar-refractivity contribution in [3.8, 4) is 0 Å². The van der Waals surface area contributed by atoms with Gasteiger partial charge in [0.2, 0.25) is 0 Å². The minimum absolute atomic E-state index is 0.0977. The van der Waals surface area contributed by atoms with Crippen LogP contribution in [-0.2, 0) is 6.54 Å². The predicted molar refractivity (Wildman–Crippen MR) is 65.7 cm³/mol. The van der Waals surface area contributed by atoms with Gasteiger partial charge in [0.1, 0.15) is 0 Å². The summed E-state index contributed by atoms with van der Waals surface area (Å²) in [7, 11) is 0. The molecule has 0 radical (unpaired) electrons. The number of aromatic amines is 1. The summed E-state index contributed by atoms with van der Waals surface area (Å²) in [5.41, 5.74) is 3.68. The largest absolute Gasteiger partial charge is 0.348 e. The fourth-order valence-electron chi connectivity index (χ4n) is 1.66. The monoisotopic (exact) mass is 229 g/mol. The number of aryl methyl sites for hydroxylation is 2. The molecule has 1 amide bonds. The maximum Gasteiger partial charge on any atom is 0.255 e. The molecule has 0 saturated heterocycles. The van der Waals surface area contributed by atoms with Crippen molar-refractivity contribution in [2.24, 2.45) is 0 Å². The Morgan fingerprint density at radius 2 is 2.12 bits per heavy atom. The normalized spacial score (nSPS) is 10.2. The first kappa shape index (κ1) is 11.4. The standard InChI is InChI=1S/C13H15N3O/c1-9-5-3-4-6-11(9)7-14-13(17)12-8-15-16-10(12)2/h3-6,8H,7H2,1-2H3,(H,14,17)(H,15,16). The Kier molecular flexibility index (Phi) is 3.23. The molecule has 2 N–H and O–H groups in total. The number of rotatable bonds is 3. The highest BCUT2D eigenvalue weighted by Gasteiger charge is 2.10. The molecule has 88 valence electrons. The average molecular weight is 229 g/mol. The summed E-state index contributed by atoms with van der Waals surface area (Å²) in [5.74, 6) is -0.0977. The van der Waals surface area contributed by atoms with Crippen LogP contribution in [0.4, 0.5) is 0 Å². The molecule has 17 heavy (non-hydrogen) atoms. The summed E-state index contributed by atoms with van der Waals surface area (Å²) in [6.07, 6.45) is 1.54. The molecule has 0 bridgehead atoms. The van der Waals surface area contributed by atoms with Crippen molar-refractivity contribution in [2.45, 2.75) is 20.4 Å². The second-order valence-corrected chi connectivity index (χ2v) is 4.02. The first-order chi connectivity index (χ1) is 8.18. The highest BCUT2D eigenvalue weighted by atomic mass is 16.1. The van der Waals surface area contributed by atoms with Crippen molar-refractivity contribution >= 4 is 5.91 Å². The molecule has 4 nitrogen and oxygen atoms in total. The van der Waals surface area contributed by atoms with Crippen LogP contribution in [0.1, 0.15) is 27.2 Å². The van der Waals surface area contributed by atoms with Crippen LogP contribution in [0.3, 0.4) is 0 Å². The molecule has 0 unspecified atom stereocenters. The zero-order chi connectivity index (χ0) is 12.3. The summed E-state index contributed by atoms with van der Waals surface area (Å²) in [6, 6.07) is 8.00. The van der Waals surface area contributed by atoms with E-state index in [0.717, 1.165) is 11.3 Å². The molecule has 0 aliphatic carbocycles. The lowest BCUT2D eigenvalue weighted by Crippen LogP contribution is -2.23. The van der Waals surface area contributed by atoms with Crippen LogP contribution < -0.4 is 5.32 Å². The van der Waals surface area contributed by atoms with Gasteiger partial charge in [-0.1, -0.05) is 24.3 Å². The van der Waals surface area contributed by atoms with Gasteiger partial charge in [0, 0.05) is 12.2 Å². The van der Waals surface area contributed by atoms with Crippen molar-refractivity contribution in [1.82, 2.24) is 15.5 Å². The maximum atomic E-state index is 11.8. The molecule has 0 aliphatic rings. The second-order valence-electron chi connectivity index (χ2n) is 4.02.